The molecule has 6 heteroatoms. The quantitative estimate of drug-likeness (QED) is 0.937. The van der Waals surface area contributed by atoms with E-state index in [9.17, 15) is 8.42 Å². The maximum absolute atomic E-state index is 11.6. The first-order valence-corrected chi connectivity index (χ1v) is 8.87. The highest BCUT2D eigenvalue weighted by molar-refractivity contribution is 7.90. The molecule has 0 unspecified atom stereocenters. The van der Waals surface area contributed by atoms with Gasteiger partial charge in [-0.25, -0.2) is 13.4 Å². The van der Waals surface area contributed by atoms with E-state index < -0.39 is 9.84 Å². The second-order valence-corrected chi connectivity index (χ2v) is 8.45. The predicted octanol–water partition coefficient (Wildman–Crippen LogP) is 1.91. The monoisotopic (exact) mass is 309 g/mol. The summed E-state index contributed by atoms with van der Waals surface area (Å²) < 4.78 is 25.2. The molecule has 21 heavy (non-hydrogen) atoms. The van der Waals surface area contributed by atoms with Crippen molar-refractivity contribution in [2.24, 2.45) is 7.05 Å². The summed E-state index contributed by atoms with van der Waals surface area (Å²) in [6, 6.07) is 5.10. The minimum absolute atomic E-state index is 0.0774. The number of aryl methyl sites for hydroxylation is 1. The fraction of sp³-hybridized carbons (Fsp3) is 0.533. The molecule has 0 spiro atoms. The molecule has 0 bridgehead atoms. The number of benzene rings is 1. The van der Waals surface area contributed by atoms with Crippen molar-refractivity contribution in [2.45, 2.75) is 37.6 Å². The van der Waals surface area contributed by atoms with Crippen LogP contribution < -0.4 is 5.32 Å². The van der Waals surface area contributed by atoms with E-state index in [0.29, 0.717) is 4.90 Å². The van der Waals surface area contributed by atoms with Crippen LogP contribution in [0.3, 0.4) is 0 Å². The summed E-state index contributed by atoms with van der Waals surface area (Å²) in [6.45, 7) is 7.21. The Morgan fingerprint density at radius 2 is 1.95 bits per heavy atom. The van der Waals surface area contributed by atoms with Crippen molar-refractivity contribution in [3.05, 3.63) is 24.0 Å². The Morgan fingerprint density at radius 3 is 2.52 bits per heavy atom. The molecule has 1 N–H and O–H groups in total. The number of imidazole rings is 1. The maximum atomic E-state index is 11.6. The van der Waals surface area contributed by atoms with Crippen LogP contribution in [0.25, 0.3) is 11.0 Å². The molecule has 1 aromatic carbocycles. The number of hydrogen-bond acceptors (Lipinski definition) is 4. The summed E-state index contributed by atoms with van der Waals surface area (Å²) in [6.07, 6.45) is 2.02. The van der Waals surface area contributed by atoms with E-state index in [1.165, 1.54) is 6.26 Å². The largest absolute Gasteiger partial charge is 0.331 e. The lowest BCUT2D eigenvalue weighted by Gasteiger charge is -2.20. The SMILES string of the molecule is Cn1c(CCNC(C)(C)C)nc2cc(S(C)(=O)=O)ccc21. The highest BCUT2D eigenvalue weighted by Crippen LogP contribution is 2.19. The molecule has 0 amide bonds. The molecular formula is C15H23N3O2S. The third-order valence-electron chi connectivity index (χ3n) is 3.38. The van der Waals surface area contributed by atoms with E-state index >= 15 is 0 Å². The zero-order chi connectivity index (χ0) is 15.8. The van der Waals surface area contributed by atoms with E-state index in [4.69, 9.17) is 0 Å². The lowest BCUT2D eigenvalue weighted by atomic mass is 10.1. The van der Waals surface area contributed by atoms with E-state index in [2.05, 4.69) is 31.1 Å². The first-order chi connectivity index (χ1) is 9.58. The van der Waals surface area contributed by atoms with Gasteiger partial charge in [0.1, 0.15) is 5.82 Å². The first kappa shape index (κ1) is 16.0. The van der Waals surface area contributed by atoms with Gasteiger partial charge >= 0.3 is 0 Å². The smallest absolute Gasteiger partial charge is 0.175 e. The lowest BCUT2D eigenvalue weighted by molar-refractivity contribution is 0.426. The van der Waals surface area contributed by atoms with Gasteiger partial charge in [-0.15, -0.1) is 0 Å². The van der Waals surface area contributed by atoms with Crippen LogP contribution in [0.4, 0.5) is 0 Å². The molecule has 0 atom stereocenters. The molecular weight excluding hydrogens is 286 g/mol. The van der Waals surface area contributed by atoms with Crippen LogP contribution in [0.1, 0.15) is 26.6 Å². The van der Waals surface area contributed by atoms with E-state index in [1.54, 1.807) is 12.1 Å². The fourth-order valence-corrected chi connectivity index (χ4v) is 2.87. The highest BCUT2D eigenvalue weighted by atomic mass is 32.2. The third-order valence-corrected chi connectivity index (χ3v) is 4.49. The van der Waals surface area contributed by atoms with Crippen LogP contribution in [0.2, 0.25) is 0 Å². The molecule has 0 fully saturated rings. The van der Waals surface area contributed by atoms with Crippen molar-refractivity contribution in [1.82, 2.24) is 14.9 Å². The summed E-state index contributed by atoms with van der Waals surface area (Å²) in [5.41, 5.74) is 1.76. The van der Waals surface area contributed by atoms with Gasteiger partial charge in [0.2, 0.25) is 0 Å². The molecule has 116 valence electrons. The summed E-state index contributed by atoms with van der Waals surface area (Å²) in [7, 11) is -1.24. The molecule has 0 saturated carbocycles. The van der Waals surface area contributed by atoms with E-state index in [1.807, 2.05) is 17.7 Å². The second-order valence-electron chi connectivity index (χ2n) is 6.44. The fourth-order valence-electron chi connectivity index (χ4n) is 2.23. The number of aromatic nitrogens is 2. The van der Waals surface area contributed by atoms with Crippen LogP contribution >= 0.6 is 0 Å². The number of nitrogens with zero attached hydrogens (tertiary/aromatic N) is 2. The third kappa shape index (κ3) is 3.83. The van der Waals surface area contributed by atoms with Crippen molar-refractivity contribution in [2.75, 3.05) is 12.8 Å². The molecule has 5 nitrogen and oxygen atoms in total. The Hall–Kier alpha value is -1.40. The van der Waals surface area contributed by atoms with Crippen LogP contribution in [0, 0.1) is 0 Å². The zero-order valence-electron chi connectivity index (χ0n) is 13.3. The normalized spacial score (nSPS) is 13.0. The van der Waals surface area contributed by atoms with Gasteiger partial charge in [0.05, 0.1) is 15.9 Å². The second kappa shape index (κ2) is 5.42. The van der Waals surface area contributed by atoms with Gasteiger partial charge in [0.25, 0.3) is 0 Å². The minimum atomic E-state index is -3.20. The summed E-state index contributed by atoms with van der Waals surface area (Å²) in [5.74, 6) is 0.951. The van der Waals surface area contributed by atoms with Crippen LogP contribution in [0.15, 0.2) is 23.1 Å². The van der Waals surface area contributed by atoms with Gasteiger partial charge in [-0.05, 0) is 39.0 Å². The van der Waals surface area contributed by atoms with Gasteiger partial charge < -0.3 is 9.88 Å². The number of nitrogens with one attached hydrogen (secondary N) is 1. The van der Waals surface area contributed by atoms with Gasteiger partial charge in [0, 0.05) is 31.8 Å². The molecule has 1 heterocycles. The van der Waals surface area contributed by atoms with Gasteiger partial charge in [0.15, 0.2) is 9.84 Å². The Labute approximate surface area is 126 Å². The highest BCUT2D eigenvalue weighted by Gasteiger charge is 2.13. The van der Waals surface area contributed by atoms with Crippen LogP contribution in [0.5, 0.6) is 0 Å². The molecule has 2 rings (SSSR count). The average molecular weight is 309 g/mol. The number of rotatable bonds is 4. The van der Waals surface area contributed by atoms with E-state index in [0.717, 1.165) is 29.8 Å². The summed E-state index contributed by atoms with van der Waals surface area (Å²) in [5, 5.41) is 3.43. The number of hydrogen-bond donors (Lipinski definition) is 1. The van der Waals surface area contributed by atoms with Gasteiger partial charge in [-0.3, -0.25) is 0 Å². The standard InChI is InChI=1S/C15H23N3O2S/c1-15(2,3)16-9-8-14-17-12-10-11(21(5,19)20)6-7-13(12)18(14)4/h6-7,10,16H,8-9H2,1-5H3. The predicted molar refractivity (Wildman–Crippen MR) is 85.3 cm³/mol. The van der Waals surface area contributed by atoms with Crippen molar-refractivity contribution < 1.29 is 8.42 Å². The van der Waals surface area contributed by atoms with Crippen molar-refractivity contribution in [3.63, 3.8) is 0 Å². The number of fused-ring (bicyclic) bond motifs is 1. The zero-order valence-corrected chi connectivity index (χ0v) is 14.1. The van der Waals surface area contributed by atoms with Crippen molar-refractivity contribution in [3.8, 4) is 0 Å². The molecule has 0 saturated heterocycles. The lowest BCUT2D eigenvalue weighted by Crippen LogP contribution is -2.37. The maximum Gasteiger partial charge on any atom is 0.175 e. The molecule has 2 aromatic rings. The molecule has 0 aliphatic heterocycles. The molecule has 0 aliphatic carbocycles. The minimum Gasteiger partial charge on any atom is -0.331 e. The number of sulfone groups is 1. The van der Waals surface area contributed by atoms with Crippen molar-refractivity contribution in [1.29, 1.82) is 0 Å². The summed E-state index contributed by atoms with van der Waals surface area (Å²) >= 11 is 0. The molecule has 1 aromatic heterocycles. The average Bonchev–Trinajstić information content (AvgIpc) is 2.63. The first-order valence-electron chi connectivity index (χ1n) is 6.98. The van der Waals surface area contributed by atoms with Gasteiger partial charge in [-0.1, -0.05) is 0 Å². The van der Waals surface area contributed by atoms with Crippen molar-refractivity contribution >= 4 is 20.9 Å². The summed E-state index contributed by atoms with van der Waals surface area (Å²) in [4.78, 5) is 4.88. The molecule has 0 aliphatic rings. The topological polar surface area (TPSA) is 64.0 Å². The molecule has 0 radical (unpaired) electrons. The Kier molecular flexibility index (Phi) is 4.13. The van der Waals surface area contributed by atoms with Crippen LogP contribution in [-0.2, 0) is 23.3 Å². The van der Waals surface area contributed by atoms with Gasteiger partial charge in [-0.2, -0.15) is 0 Å². The van der Waals surface area contributed by atoms with Crippen LogP contribution in [-0.4, -0.2) is 36.3 Å². The van der Waals surface area contributed by atoms with E-state index in [-0.39, 0.29) is 5.54 Å². The Bertz CT molecular complexity index is 755. The Balaban J connectivity index is 2.28. The Morgan fingerprint density at radius 1 is 1.29 bits per heavy atom.